The molecule has 0 radical (unpaired) electrons. The summed E-state index contributed by atoms with van der Waals surface area (Å²) in [6.45, 7) is 0.0705. The van der Waals surface area contributed by atoms with E-state index in [1.165, 1.54) is 16.8 Å². The van der Waals surface area contributed by atoms with Crippen LogP contribution in [-0.2, 0) is 13.1 Å². The van der Waals surface area contributed by atoms with Crippen LogP contribution in [0.1, 0.15) is 11.1 Å². The van der Waals surface area contributed by atoms with E-state index in [0.29, 0.717) is 0 Å². The van der Waals surface area contributed by atoms with Crippen molar-refractivity contribution in [1.82, 2.24) is 9.13 Å². The van der Waals surface area contributed by atoms with Crippen molar-refractivity contribution in [2.75, 3.05) is 0 Å². The summed E-state index contributed by atoms with van der Waals surface area (Å²) in [5.74, 6) is -1.51. The number of nitrogens with zero attached hydrogens (tertiary/aromatic N) is 2. The first-order valence-electron chi connectivity index (χ1n) is 8.00. The van der Waals surface area contributed by atoms with Gasteiger partial charge in [-0.3, -0.25) is 13.9 Å². The van der Waals surface area contributed by atoms with Crippen LogP contribution in [0.15, 0.2) is 76.5 Å². The van der Waals surface area contributed by atoms with Crippen LogP contribution in [0.4, 0.5) is 8.78 Å². The predicted molar refractivity (Wildman–Crippen MR) is 95.9 cm³/mol. The van der Waals surface area contributed by atoms with Gasteiger partial charge in [0.25, 0.3) is 5.56 Å². The third kappa shape index (κ3) is 4.22. The van der Waals surface area contributed by atoms with Gasteiger partial charge in [-0.05, 0) is 23.3 Å². The van der Waals surface area contributed by atoms with E-state index in [9.17, 15) is 18.4 Å². The first kappa shape index (κ1) is 17.5. The second-order valence-corrected chi connectivity index (χ2v) is 5.77. The third-order valence-corrected chi connectivity index (χ3v) is 3.81. The lowest BCUT2D eigenvalue weighted by molar-refractivity contribution is 0.570. The molecule has 0 amide bonds. The molecule has 0 aliphatic rings. The average Bonchev–Trinajstić information content (AvgIpc) is 2.61. The van der Waals surface area contributed by atoms with Crippen LogP contribution in [-0.4, -0.2) is 9.13 Å². The van der Waals surface area contributed by atoms with Crippen LogP contribution >= 0.6 is 0 Å². The second kappa shape index (κ2) is 7.74. The highest BCUT2D eigenvalue weighted by Gasteiger charge is 2.07. The lowest BCUT2D eigenvalue weighted by Gasteiger charge is -2.09. The summed E-state index contributed by atoms with van der Waals surface area (Å²) in [5.41, 5.74) is 0.131. The summed E-state index contributed by atoms with van der Waals surface area (Å²) in [7, 11) is 0. The Morgan fingerprint density at radius 3 is 2.31 bits per heavy atom. The summed E-state index contributed by atoms with van der Waals surface area (Å²) >= 11 is 0. The number of benzene rings is 2. The molecule has 0 aliphatic heterocycles. The van der Waals surface area contributed by atoms with E-state index in [1.807, 2.05) is 36.4 Å². The fourth-order valence-electron chi connectivity index (χ4n) is 2.59. The van der Waals surface area contributed by atoms with Crippen LogP contribution in [0, 0.1) is 11.6 Å². The molecule has 0 atom stereocenters. The molecule has 0 saturated heterocycles. The Bertz CT molecular complexity index is 1030. The van der Waals surface area contributed by atoms with Gasteiger partial charge in [0.1, 0.15) is 11.6 Å². The zero-order valence-corrected chi connectivity index (χ0v) is 13.8. The maximum atomic E-state index is 13.3. The molecule has 1 aromatic heterocycles. The minimum atomic E-state index is -0.755. The minimum absolute atomic E-state index is 0.199. The Morgan fingerprint density at radius 1 is 0.923 bits per heavy atom. The normalized spacial score (nSPS) is 11.2. The van der Waals surface area contributed by atoms with E-state index in [4.69, 9.17) is 0 Å². The Balaban J connectivity index is 1.85. The number of rotatable bonds is 5. The van der Waals surface area contributed by atoms with Crippen molar-refractivity contribution in [1.29, 1.82) is 0 Å². The molecule has 0 N–H and O–H groups in total. The summed E-state index contributed by atoms with van der Waals surface area (Å²) < 4.78 is 28.9. The van der Waals surface area contributed by atoms with Crippen molar-refractivity contribution in [3.8, 4) is 0 Å². The number of hydrogen-bond acceptors (Lipinski definition) is 2. The molecule has 0 bridgehead atoms. The number of hydrogen-bond donors (Lipinski definition) is 0. The molecule has 1 heterocycles. The smallest absolute Gasteiger partial charge is 0.297 e. The monoisotopic (exact) mass is 354 g/mol. The molecule has 4 nitrogen and oxygen atoms in total. The van der Waals surface area contributed by atoms with Gasteiger partial charge < -0.3 is 0 Å². The summed E-state index contributed by atoms with van der Waals surface area (Å²) in [6, 6.07) is 13.8. The van der Waals surface area contributed by atoms with Gasteiger partial charge in [-0.2, -0.15) is 0 Å². The quantitative estimate of drug-likeness (QED) is 0.707. The summed E-state index contributed by atoms with van der Waals surface area (Å²) in [4.78, 5) is 24.5. The van der Waals surface area contributed by atoms with Crippen LogP contribution in [0.2, 0.25) is 0 Å². The van der Waals surface area contributed by atoms with E-state index in [0.717, 1.165) is 28.3 Å². The molecule has 0 saturated carbocycles. The summed E-state index contributed by atoms with van der Waals surface area (Å²) in [5, 5.41) is 0. The number of halogens is 2. The fourth-order valence-corrected chi connectivity index (χ4v) is 2.59. The van der Waals surface area contributed by atoms with Gasteiger partial charge in [0.15, 0.2) is 0 Å². The maximum absolute atomic E-state index is 13.3. The molecule has 6 heteroatoms. The standard InChI is InChI=1S/C20H16F2N2O2/c21-17-11-16(12-18(22)13-17)14-24-19(25)8-10-23(20(24)26)9-4-7-15-5-2-1-3-6-15/h1-8,10-13H,9,14H2/b7-4+. The predicted octanol–water partition coefficient (Wildman–Crippen LogP) is 3.05. The van der Waals surface area contributed by atoms with Crippen molar-refractivity contribution in [2.45, 2.75) is 13.1 Å². The first-order valence-corrected chi connectivity index (χ1v) is 8.00. The van der Waals surface area contributed by atoms with Gasteiger partial charge in [0.2, 0.25) is 0 Å². The Labute approximate surface area is 148 Å². The van der Waals surface area contributed by atoms with Crippen molar-refractivity contribution >= 4 is 6.08 Å². The van der Waals surface area contributed by atoms with E-state index in [-0.39, 0.29) is 18.7 Å². The average molecular weight is 354 g/mol. The molecule has 0 spiro atoms. The van der Waals surface area contributed by atoms with Crippen LogP contribution < -0.4 is 11.2 Å². The van der Waals surface area contributed by atoms with Gasteiger partial charge >= 0.3 is 5.69 Å². The largest absolute Gasteiger partial charge is 0.331 e. The molecule has 3 aromatic rings. The SMILES string of the molecule is O=c1ccn(C/C=C/c2ccccc2)c(=O)n1Cc1cc(F)cc(F)c1. The highest BCUT2D eigenvalue weighted by Crippen LogP contribution is 2.08. The minimum Gasteiger partial charge on any atom is -0.297 e. The molecule has 3 rings (SSSR count). The van der Waals surface area contributed by atoms with E-state index < -0.39 is 22.9 Å². The highest BCUT2D eigenvalue weighted by atomic mass is 19.1. The maximum Gasteiger partial charge on any atom is 0.331 e. The molecular formula is C20H16F2N2O2. The van der Waals surface area contributed by atoms with Gasteiger partial charge in [0, 0.05) is 24.9 Å². The van der Waals surface area contributed by atoms with Crippen molar-refractivity contribution in [2.24, 2.45) is 0 Å². The van der Waals surface area contributed by atoms with Gasteiger partial charge in [-0.15, -0.1) is 0 Å². The van der Waals surface area contributed by atoms with Crippen molar-refractivity contribution in [3.05, 3.63) is 110 Å². The van der Waals surface area contributed by atoms with Crippen LogP contribution in [0.25, 0.3) is 6.08 Å². The molecule has 132 valence electrons. The van der Waals surface area contributed by atoms with E-state index in [1.54, 1.807) is 6.08 Å². The molecule has 0 aliphatic carbocycles. The number of aromatic nitrogens is 2. The third-order valence-electron chi connectivity index (χ3n) is 3.81. The molecular weight excluding hydrogens is 338 g/mol. The topological polar surface area (TPSA) is 44.0 Å². The zero-order valence-electron chi connectivity index (χ0n) is 13.8. The van der Waals surface area contributed by atoms with Gasteiger partial charge in [-0.1, -0.05) is 42.5 Å². The fraction of sp³-hybridized carbons (Fsp3) is 0.100. The lowest BCUT2D eigenvalue weighted by atomic mass is 10.2. The van der Waals surface area contributed by atoms with E-state index >= 15 is 0 Å². The second-order valence-electron chi connectivity index (χ2n) is 5.77. The Hall–Kier alpha value is -3.28. The van der Waals surface area contributed by atoms with Crippen LogP contribution in [0.3, 0.4) is 0 Å². The van der Waals surface area contributed by atoms with Gasteiger partial charge in [0.05, 0.1) is 6.54 Å². The highest BCUT2D eigenvalue weighted by molar-refractivity contribution is 5.48. The first-order chi connectivity index (χ1) is 12.5. The Morgan fingerprint density at radius 2 is 1.62 bits per heavy atom. The lowest BCUT2D eigenvalue weighted by Crippen LogP contribution is -2.39. The molecule has 0 fully saturated rings. The molecule has 26 heavy (non-hydrogen) atoms. The molecule has 0 unspecified atom stereocenters. The molecule has 2 aromatic carbocycles. The van der Waals surface area contributed by atoms with E-state index in [2.05, 4.69) is 0 Å². The van der Waals surface area contributed by atoms with Crippen molar-refractivity contribution < 1.29 is 8.78 Å². The summed E-state index contributed by atoms with van der Waals surface area (Å²) in [6.07, 6.45) is 5.07. The Kier molecular flexibility index (Phi) is 5.22. The number of allylic oxidation sites excluding steroid dienone is 1. The van der Waals surface area contributed by atoms with Crippen LogP contribution in [0.5, 0.6) is 0 Å². The van der Waals surface area contributed by atoms with Gasteiger partial charge in [-0.25, -0.2) is 13.6 Å². The zero-order chi connectivity index (χ0) is 18.5. The van der Waals surface area contributed by atoms with Crippen molar-refractivity contribution in [3.63, 3.8) is 0 Å².